The first-order valence-corrected chi connectivity index (χ1v) is 10.2. The van der Waals surface area contributed by atoms with Crippen LogP contribution in [-0.2, 0) is 16.1 Å². The van der Waals surface area contributed by atoms with Crippen LogP contribution in [0.3, 0.4) is 0 Å². The number of hydrogen-bond acceptors (Lipinski definition) is 4. The predicted molar refractivity (Wildman–Crippen MR) is 120 cm³/mol. The van der Waals surface area contributed by atoms with E-state index in [4.69, 9.17) is 10.5 Å². The molecule has 1 aliphatic heterocycles. The van der Waals surface area contributed by atoms with E-state index >= 15 is 0 Å². The number of carbonyl (C=O) groups is 3. The summed E-state index contributed by atoms with van der Waals surface area (Å²) in [6, 6.07) is 22.4. The zero-order valence-corrected chi connectivity index (χ0v) is 17.5. The number of cyclic esters (lactones) is 1. The average molecular weight is 429 g/mol. The van der Waals surface area contributed by atoms with Crippen LogP contribution in [0.15, 0.2) is 78.9 Å². The zero-order valence-electron chi connectivity index (χ0n) is 17.5. The Hall–Kier alpha value is -4.13. The number of ether oxygens (including phenoxy) is 1. The molecule has 0 spiro atoms. The molecule has 1 heterocycles. The highest BCUT2D eigenvalue weighted by Crippen LogP contribution is 2.34. The fraction of sp³-hybridized carbons (Fsp3) is 0.160. The Labute approximate surface area is 185 Å². The number of rotatable bonds is 6. The van der Waals surface area contributed by atoms with Crippen molar-refractivity contribution in [1.82, 2.24) is 4.90 Å². The lowest BCUT2D eigenvalue weighted by molar-refractivity contribution is -0.123. The number of hydrogen-bond donors (Lipinski definition) is 2. The van der Waals surface area contributed by atoms with E-state index in [0.29, 0.717) is 16.8 Å². The first kappa shape index (κ1) is 21.1. The molecular weight excluding hydrogens is 406 g/mol. The van der Waals surface area contributed by atoms with Crippen LogP contribution < -0.4 is 11.1 Å². The van der Waals surface area contributed by atoms with Crippen molar-refractivity contribution < 1.29 is 19.1 Å². The maximum atomic E-state index is 12.6. The minimum absolute atomic E-state index is 0.202. The first-order chi connectivity index (χ1) is 15.4. The van der Waals surface area contributed by atoms with Crippen molar-refractivity contribution in [3.05, 3.63) is 101 Å². The molecule has 32 heavy (non-hydrogen) atoms. The van der Waals surface area contributed by atoms with Gasteiger partial charge in [-0.1, -0.05) is 60.2 Å². The van der Waals surface area contributed by atoms with Crippen LogP contribution in [0, 0.1) is 6.92 Å². The SMILES string of the molecule is Cc1ccc(CN2C(=O)OC(c3cccc(NC(=O)c4ccccc4)c3)C2C(N)=O)cc1. The molecule has 7 heteroatoms. The van der Waals surface area contributed by atoms with Crippen LogP contribution >= 0.6 is 0 Å². The number of benzene rings is 3. The summed E-state index contributed by atoms with van der Waals surface area (Å²) in [7, 11) is 0. The molecule has 3 amide bonds. The standard InChI is InChI=1S/C25H23N3O4/c1-16-10-12-17(13-11-16)15-28-21(23(26)29)22(32-25(28)31)19-8-5-9-20(14-19)27-24(30)18-6-3-2-4-7-18/h2-14,21-22H,15H2,1H3,(H2,26,29)(H,27,30). The number of primary amides is 1. The molecule has 0 saturated carbocycles. The number of aryl methyl sites for hydroxylation is 1. The van der Waals surface area contributed by atoms with Gasteiger partial charge in [-0.3, -0.25) is 14.5 Å². The van der Waals surface area contributed by atoms with Gasteiger partial charge >= 0.3 is 6.09 Å². The maximum Gasteiger partial charge on any atom is 0.411 e. The third kappa shape index (κ3) is 4.46. The molecule has 3 aromatic carbocycles. The van der Waals surface area contributed by atoms with E-state index < -0.39 is 24.1 Å². The van der Waals surface area contributed by atoms with Gasteiger partial charge in [0, 0.05) is 11.3 Å². The van der Waals surface area contributed by atoms with Gasteiger partial charge in [0.15, 0.2) is 12.1 Å². The molecule has 3 N–H and O–H groups in total. The Balaban J connectivity index is 1.56. The van der Waals surface area contributed by atoms with E-state index in [1.165, 1.54) is 4.90 Å². The number of amides is 3. The Bertz CT molecular complexity index is 1150. The molecule has 0 aliphatic carbocycles. The minimum atomic E-state index is -0.969. The second-order valence-corrected chi connectivity index (χ2v) is 7.71. The number of anilines is 1. The molecule has 4 rings (SSSR count). The molecule has 7 nitrogen and oxygen atoms in total. The lowest BCUT2D eigenvalue weighted by Crippen LogP contribution is -2.43. The van der Waals surface area contributed by atoms with E-state index in [-0.39, 0.29) is 12.5 Å². The molecule has 1 aliphatic rings. The Morgan fingerprint density at radius 1 is 1.00 bits per heavy atom. The topological polar surface area (TPSA) is 102 Å². The largest absolute Gasteiger partial charge is 0.438 e. The molecule has 2 atom stereocenters. The van der Waals surface area contributed by atoms with Gasteiger partial charge in [0.05, 0.1) is 6.54 Å². The Morgan fingerprint density at radius 2 is 1.72 bits per heavy atom. The molecular formula is C25H23N3O4. The summed E-state index contributed by atoms with van der Waals surface area (Å²) in [6.07, 6.45) is -1.49. The van der Waals surface area contributed by atoms with Gasteiger partial charge in [-0.05, 0) is 42.3 Å². The van der Waals surface area contributed by atoms with Gasteiger partial charge in [-0.15, -0.1) is 0 Å². The Kier molecular flexibility index (Phi) is 5.89. The monoisotopic (exact) mass is 429 g/mol. The van der Waals surface area contributed by atoms with Gasteiger partial charge < -0.3 is 15.8 Å². The fourth-order valence-electron chi connectivity index (χ4n) is 3.71. The van der Waals surface area contributed by atoms with E-state index in [0.717, 1.165) is 11.1 Å². The third-order valence-corrected chi connectivity index (χ3v) is 5.36. The van der Waals surface area contributed by atoms with Crippen LogP contribution in [-0.4, -0.2) is 28.8 Å². The van der Waals surface area contributed by atoms with Crippen molar-refractivity contribution >= 4 is 23.6 Å². The molecule has 1 fully saturated rings. The highest BCUT2D eigenvalue weighted by Gasteiger charge is 2.46. The highest BCUT2D eigenvalue weighted by molar-refractivity contribution is 6.04. The van der Waals surface area contributed by atoms with E-state index in [9.17, 15) is 14.4 Å². The quantitative estimate of drug-likeness (QED) is 0.622. The smallest absolute Gasteiger partial charge is 0.411 e. The highest BCUT2D eigenvalue weighted by atomic mass is 16.6. The van der Waals surface area contributed by atoms with Crippen molar-refractivity contribution in [2.45, 2.75) is 25.6 Å². The van der Waals surface area contributed by atoms with Gasteiger partial charge in [0.25, 0.3) is 5.91 Å². The van der Waals surface area contributed by atoms with E-state index in [1.807, 2.05) is 37.3 Å². The van der Waals surface area contributed by atoms with Crippen LogP contribution in [0.4, 0.5) is 10.5 Å². The number of nitrogens with zero attached hydrogens (tertiary/aromatic N) is 1. The minimum Gasteiger partial charge on any atom is -0.438 e. The zero-order chi connectivity index (χ0) is 22.7. The predicted octanol–water partition coefficient (Wildman–Crippen LogP) is 3.79. The van der Waals surface area contributed by atoms with Crippen LogP contribution in [0.5, 0.6) is 0 Å². The lowest BCUT2D eigenvalue weighted by atomic mass is 10.00. The number of nitrogens with two attached hydrogens (primary N) is 1. The summed E-state index contributed by atoms with van der Waals surface area (Å²) in [6.45, 7) is 2.17. The van der Waals surface area contributed by atoms with Crippen molar-refractivity contribution in [2.75, 3.05) is 5.32 Å². The molecule has 0 radical (unpaired) electrons. The molecule has 2 unspecified atom stereocenters. The molecule has 3 aromatic rings. The first-order valence-electron chi connectivity index (χ1n) is 10.2. The van der Waals surface area contributed by atoms with Gasteiger partial charge in [-0.25, -0.2) is 4.79 Å². The molecule has 1 saturated heterocycles. The lowest BCUT2D eigenvalue weighted by Gasteiger charge is -2.22. The van der Waals surface area contributed by atoms with Crippen LogP contribution in [0.2, 0.25) is 0 Å². The van der Waals surface area contributed by atoms with E-state index in [2.05, 4.69) is 5.32 Å². The normalized spacial score (nSPS) is 17.7. The second-order valence-electron chi connectivity index (χ2n) is 7.71. The van der Waals surface area contributed by atoms with Crippen molar-refractivity contribution in [1.29, 1.82) is 0 Å². The van der Waals surface area contributed by atoms with E-state index in [1.54, 1.807) is 48.5 Å². The summed E-state index contributed by atoms with van der Waals surface area (Å²) in [4.78, 5) is 38.7. The third-order valence-electron chi connectivity index (χ3n) is 5.36. The second kappa shape index (κ2) is 8.93. The summed E-state index contributed by atoms with van der Waals surface area (Å²) < 4.78 is 5.55. The fourth-order valence-corrected chi connectivity index (χ4v) is 3.71. The van der Waals surface area contributed by atoms with Crippen molar-refractivity contribution in [3.8, 4) is 0 Å². The maximum absolute atomic E-state index is 12.6. The summed E-state index contributed by atoms with van der Waals surface area (Å²) in [5.74, 6) is -0.926. The van der Waals surface area contributed by atoms with Gasteiger partial charge in [0.1, 0.15) is 0 Å². The molecule has 0 bridgehead atoms. The van der Waals surface area contributed by atoms with Gasteiger partial charge in [-0.2, -0.15) is 0 Å². The van der Waals surface area contributed by atoms with Crippen molar-refractivity contribution in [2.24, 2.45) is 5.73 Å². The Morgan fingerprint density at radius 3 is 2.41 bits per heavy atom. The molecule has 162 valence electrons. The number of carbonyl (C=O) groups excluding carboxylic acids is 3. The van der Waals surface area contributed by atoms with Crippen LogP contribution in [0.25, 0.3) is 0 Å². The summed E-state index contributed by atoms with van der Waals surface area (Å²) >= 11 is 0. The van der Waals surface area contributed by atoms with Crippen molar-refractivity contribution in [3.63, 3.8) is 0 Å². The van der Waals surface area contributed by atoms with Gasteiger partial charge in [0.2, 0.25) is 5.91 Å². The molecule has 0 aromatic heterocycles. The summed E-state index contributed by atoms with van der Waals surface area (Å²) in [5, 5.41) is 2.82. The number of nitrogens with one attached hydrogen (secondary N) is 1. The van der Waals surface area contributed by atoms with Crippen LogP contribution in [0.1, 0.15) is 33.2 Å². The summed E-state index contributed by atoms with van der Waals surface area (Å²) in [5.41, 5.74) is 9.23. The average Bonchev–Trinajstić information content (AvgIpc) is 3.12.